The third-order valence-corrected chi connectivity index (χ3v) is 3.82. The average Bonchev–Trinajstić information content (AvgIpc) is 2.42. The average molecular weight is 292 g/mol. The van der Waals surface area contributed by atoms with Crippen molar-refractivity contribution >= 4 is 11.8 Å². The summed E-state index contributed by atoms with van der Waals surface area (Å²) in [7, 11) is 0. The van der Waals surface area contributed by atoms with Gasteiger partial charge >= 0.3 is 5.69 Å². The van der Waals surface area contributed by atoms with Crippen molar-refractivity contribution in [1.82, 2.24) is 20.2 Å². The molecule has 1 aromatic heterocycles. The van der Waals surface area contributed by atoms with Crippen molar-refractivity contribution in [3.8, 4) is 0 Å². The van der Waals surface area contributed by atoms with E-state index in [9.17, 15) is 14.4 Å². The van der Waals surface area contributed by atoms with Gasteiger partial charge in [0.1, 0.15) is 6.04 Å². The summed E-state index contributed by atoms with van der Waals surface area (Å²) in [5, 5.41) is 2.77. The number of aryl methyl sites for hydroxylation is 2. The number of carbonyl (C=O) groups is 2. The summed E-state index contributed by atoms with van der Waals surface area (Å²) in [6.07, 6.45) is 0.727. The highest BCUT2D eigenvalue weighted by atomic mass is 16.2. The van der Waals surface area contributed by atoms with E-state index in [-0.39, 0.29) is 18.2 Å². The molecule has 2 rings (SSSR count). The quantitative estimate of drug-likeness (QED) is 0.797. The Morgan fingerprint density at radius 1 is 1.38 bits per heavy atom. The first-order chi connectivity index (χ1) is 9.93. The second kappa shape index (κ2) is 6.07. The van der Waals surface area contributed by atoms with E-state index in [2.05, 4.69) is 15.3 Å². The third-order valence-electron chi connectivity index (χ3n) is 3.82. The first-order valence-corrected chi connectivity index (χ1v) is 7.07. The van der Waals surface area contributed by atoms with Gasteiger partial charge in [0.2, 0.25) is 11.8 Å². The van der Waals surface area contributed by atoms with Gasteiger partial charge in [-0.2, -0.15) is 4.98 Å². The van der Waals surface area contributed by atoms with Crippen LogP contribution >= 0.6 is 0 Å². The molecule has 1 saturated heterocycles. The first kappa shape index (κ1) is 15.2. The van der Waals surface area contributed by atoms with Crippen LogP contribution in [-0.4, -0.2) is 45.8 Å². The molecule has 0 bridgehead atoms. The zero-order valence-corrected chi connectivity index (χ0v) is 12.5. The molecule has 1 aliphatic rings. The highest BCUT2D eigenvalue weighted by molar-refractivity contribution is 5.89. The van der Waals surface area contributed by atoms with Crippen LogP contribution in [-0.2, 0) is 16.0 Å². The molecule has 0 spiro atoms. The summed E-state index contributed by atoms with van der Waals surface area (Å²) < 4.78 is 0. The minimum Gasteiger partial charge on any atom is -0.353 e. The Balaban J connectivity index is 2.21. The van der Waals surface area contributed by atoms with E-state index in [0.29, 0.717) is 30.9 Å². The molecule has 1 atom stereocenters. The van der Waals surface area contributed by atoms with Crippen LogP contribution in [0.1, 0.15) is 30.3 Å². The molecule has 21 heavy (non-hydrogen) atoms. The van der Waals surface area contributed by atoms with Crippen LogP contribution < -0.4 is 11.0 Å². The Hall–Kier alpha value is -2.18. The van der Waals surface area contributed by atoms with Crippen molar-refractivity contribution in [2.75, 3.05) is 13.1 Å². The lowest BCUT2D eigenvalue weighted by atomic mass is 10.0. The van der Waals surface area contributed by atoms with Gasteiger partial charge in [-0.05, 0) is 20.3 Å². The van der Waals surface area contributed by atoms with Gasteiger partial charge in [-0.25, -0.2) is 4.79 Å². The van der Waals surface area contributed by atoms with E-state index in [1.807, 2.05) is 6.92 Å². The maximum atomic E-state index is 12.5. The lowest BCUT2D eigenvalue weighted by Crippen LogP contribution is -2.57. The van der Waals surface area contributed by atoms with Gasteiger partial charge in [-0.15, -0.1) is 0 Å². The lowest BCUT2D eigenvalue weighted by molar-refractivity contribution is -0.142. The summed E-state index contributed by atoms with van der Waals surface area (Å²) in [5.74, 6) is -0.220. The number of rotatable bonds is 3. The fraction of sp³-hybridized carbons (Fsp3) is 0.571. The largest absolute Gasteiger partial charge is 0.353 e. The molecule has 2 N–H and O–H groups in total. The number of piperazine rings is 1. The molecule has 0 aliphatic carbocycles. The monoisotopic (exact) mass is 292 g/mol. The lowest BCUT2D eigenvalue weighted by Gasteiger charge is -2.34. The standard InChI is InChI=1S/C14H20N4O3/c1-4-11-13(20)15-5-6-18(11)12(19)7-10-8(2)16-14(21)17-9(10)3/h11H,4-7H2,1-3H3,(H,15,20)(H,16,17,21). The Bertz CT molecular complexity index is 597. The van der Waals surface area contributed by atoms with Gasteiger partial charge in [0, 0.05) is 30.0 Å². The Morgan fingerprint density at radius 2 is 2.10 bits per heavy atom. The molecule has 2 amide bonds. The van der Waals surface area contributed by atoms with E-state index >= 15 is 0 Å². The van der Waals surface area contributed by atoms with Crippen molar-refractivity contribution in [2.45, 2.75) is 39.7 Å². The smallest absolute Gasteiger partial charge is 0.345 e. The van der Waals surface area contributed by atoms with E-state index in [1.165, 1.54) is 0 Å². The number of H-pyrrole nitrogens is 1. The van der Waals surface area contributed by atoms with Gasteiger partial charge in [0.25, 0.3) is 0 Å². The van der Waals surface area contributed by atoms with E-state index in [0.717, 1.165) is 5.56 Å². The van der Waals surface area contributed by atoms with Crippen LogP contribution in [0.5, 0.6) is 0 Å². The van der Waals surface area contributed by atoms with Crippen LogP contribution in [0.15, 0.2) is 4.79 Å². The molecule has 0 aromatic carbocycles. The number of hydrogen-bond donors (Lipinski definition) is 2. The van der Waals surface area contributed by atoms with Gasteiger partial charge in [0.15, 0.2) is 0 Å². The maximum Gasteiger partial charge on any atom is 0.345 e. The molecular formula is C14H20N4O3. The molecule has 7 heteroatoms. The molecule has 1 aliphatic heterocycles. The highest BCUT2D eigenvalue weighted by Crippen LogP contribution is 2.14. The molecule has 1 aromatic rings. The van der Waals surface area contributed by atoms with Crippen molar-refractivity contribution in [1.29, 1.82) is 0 Å². The number of carbonyl (C=O) groups excluding carboxylic acids is 2. The minimum absolute atomic E-state index is 0.106. The van der Waals surface area contributed by atoms with Gasteiger partial charge in [0.05, 0.1) is 6.42 Å². The summed E-state index contributed by atoms with van der Waals surface area (Å²) in [6.45, 7) is 6.33. The number of nitrogens with zero attached hydrogens (tertiary/aromatic N) is 2. The predicted molar refractivity (Wildman–Crippen MR) is 76.8 cm³/mol. The Morgan fingerprint density at radius 3 is 2.71 bits per heavy atom. The summed E-state index contributed by atoms with van der Waals surface area (Å²) in [4.78, 5) is 43.6. The summed E-state index contributed by atoms with van der Waals surface area (Å²) >= 11 is 0. The minimum atomic E-state index is -0.414. The fourth-order valence-corrected chi connectivity index (χ4v) is 2.69. The second-order valence-electron chi connectivity index (χ2n) is 5.21. The van der Waals surface area contributed by atoms with Crippen LogP contribution in [0, 0.1) is 13.8 Å². The zero-order valence-electron chi connectivity index (χ0n) is 12.5. The van der Waals surface area contributed by atoms with Crippen LogP contribution in [0.25, 0.3) is 0 Å². The predicted octanol–water partition coefficient (Wildman–Crippen LogP) is -0.334. The molecule has 0 saturated carbocycles. The number of hydrogen-bond acceptors (Lipinski definition) is 4. The molecule has 2 heterocycles. The van der Waals surface area contributed by atoms with Crippen molar-refractivity contribution < 1.29 is 9.59 Å². The van der Waals surface area contributed by atoms with E-state index in [1.54, 1.807) is 18.7 Å². The highest BCUT2D eigenvalue weighted by Gasteiger charge is 2.31. The topological polar surface area (TPSA) is 95.2 Å². The van der Waals surface area contributed by atoms with Gasteiger partial charge in [-0.3, -0.25) is 9.59 Å². The maximum absolute atomic E-state index is 12.5. The SMILES string of the molecule is CCC1C(=O)NCCN1C(=O)Cc1c(C)nc(=O)[nH]c1C. The molecule has 0 radical (unpaired) electrons. The van der Waals surface area contributed by atoms with Crippen molar-refractivity contribution in [3.63, 3.8) is 0 Å². The molecule has 1 fully saturated rings. The normalized spacial score (nSPS) is 18.5. The van der Waals surface area contributed by atoms with Crippen molar-refractivity contribution in [3.05, 3.63) is 27.4 Å². The molecule has 7 nitrogen and oxygen atoms in total. The zero-order chi connectivity index (χ0) is 15.6. The summed E-state index contributed by atoms with van der Waals surface area (Å²) in [6, 6.07) is -0.414. The third kappa shape index (κ3) is 3.12. The van der Waals surface area contributed by atoms with Crippen LogP contribution in [0.2, 0.25) is 0 Å². The molecule has 114 valence electrons. The van der Waals surface area contributed by atoms with E-state index in [4.69, 9.17) is 0 Å². The number of aromatic amines is 1. The van der Waals surface area contributed by atoms with Crippen LogP contribution in [0.4, 0.5) is 0 Å². The fourth-order valence-electron chi connectivity index (χ4n) is 2.69. The van der Waals surface area contributed by atoms with Gasteiger partial charge < -0.3 is 15.2 Å². The first-order valence-electron chi connectivity index (χ1n) is 7.07. The van der Waals surface area contributed by atoms with E-state index < -0.39 is 11.7 Å². The van der Waals surface area contributed by atoms with Crippen LogP contribution in [0.3, 0.4) is 0 Å². The second-order valence-corrected chi connectivity index (χ2v) is 5.21. The van der Waals surface area contributed by atoms with Crippen molar-refractivity contribution in [2.24, 2.45) is 0 Å². The Labute approximate surface area is 122 Å². The number of nitrogens with one attached hydrogen (secondary N) is 2. The van der Waals surface area contributed by atoms with Gasteiger partial charge in [-0.1, -0.05) is 6.92 Å². The summed E-state index contributed by atoms with van der Waals surface area (Å²) in [5.41, 5.74) is 1.51. The molecule has 1 unspecified atom stereocenters. The Kier molecular flexibility index (Phi) is 4.40. The number of aromatic nitrogens is 2. The number of amides is 2. The molecular weight excluding hydrogens is 272 g/mol.